The summed E-state index contributed by atoms with van der Waals surface area (Å²) < 4.78 is 18.7. The molecule has 1 unspecified atom stereocenters. The smallest absolute Gasteiger partial charge is 0.123 e. The fourth-order valence-corrected chi connectivity index (χ4v) is 2.38. The van der Waals surface area contributed by atoms with Gasteiger partial charge < -0.3 is 10.1 Å². The second-order valence-corrected chi connectivity index (χ2v) is 4.93. The third-order valence-corrected chi connectivity index (χ3v) is 3.51. The maximum atomic E-state index is 13.4. The van der Waals surface area contributed by atoms with Gasteiger partial charge in [0.15, 0.2) is 0 Å². The van der Waals surface area contributed by atoms with E-state index in [0.717, 1.165) is 24.2 Å². The van der Waals surface area contributed by atoms with Crippen molar-refractivity contribution >= 4 is 0 Å². The number of rotatable bonds is 9. The van der Waals surface area contributed by atoms with E-state index in [1.54, 1.807) is 19.2 Å². The van der Waals surface area contributed by atoms with E-state index >= 15 is 0 Å². The van der Waals surface area contributed by atoms with Crippen molar-refractivity contribution in [3.63, 3.8) is 0 Å². The van der Waals surface area contributed by atoms with Crippen LogP contribution in [0.2, 0.25) is 0 Å². The van der Waals surface area contributed by atoms with Gasteiger partial charge in [-0.2, -0.15) is 0 Å². The van der Waals surface area contributed by atoms with Crippen LogP contribution < -0.4 is 10.1 Å². The molecule has 1 atom stereocenters. The minimum Gasteiger partial charge on any atom is -0.496 e. The Bertz CT molecular complexity index is 368. The molecular formula is C16H26FNO. The first-order chi connectivity index (χ1) is 9.22. The number of unbranched alkanes of at least 4 members (excludes halogenated alkanes) is 4. The van der Waals surface area contributed by atoms with E-state index in [-0.39, 0.29) is 11.9 Å². The Morgan fingerprint density at radius 1 is 1.21 bits per heavy atom. The lowest BCUT2D eigenvalue weighted by molar-refractivity contribution is 0.394. The molecule has 108 valence electrons. The Kier molecular flexibility index (Phi) is 7.49. The van der Waals surface area contributed by atoms with Crippen molar-refractivity contribution in [2.45, 2.75) is 51.5 Å². The Morgan fingerprint density at radius 2 is 1.95 bits per heavy atom. The van der Waals surface area contributed by atoms with Gasteiger partial charge in [-0.25, -0.2) is 4.39 Å². The first-order valence-corrected chi connectivity index (χ1v) is 7.23. The quantitative estimate of drug-likeness (QED) is 0.667. The van der Waals surface area contributed by atoms with Crippen molar-refractivity contribution in [3.8, 4) is 5.75 Å². The molecule has 0 aliphatic rings. The molecule has 19 heavy (non-hydrogen) atoms. The van der Waals surface area contributed by atoms with Gasteiger partial charge in [-0.15, -0.1) is 0 Å². The molecule has 0 radical (unpaired) electrons. The third kappa shape index (κ3) is 5.19. The van der Waals surface area contributed by atoms with Crippen LogP contribution in [-0.4, -0.2) is 14.2 Å². The molecule has 0 aliphatic heterocycles. The lowest BCUT2D eigenvalue weighted by atomic mass is 9.99. The summed E-state index contributed by atoms with van der Waals surface area (Å²) in [6.45, 7) is 2.22. The van der Waals surface area contributed by atoms with Crippen molar-refractivity contribution in [1.29, 1.82) is 0 Å². The number of nitrogens with one attached hydrogen (secondary N) is 1. The van der Waals surface area contributed by atoms with E-state index < -0.39 is 0 Å². The predicted octanol–water partition coefficient (Wildman–Crippen LogP) is 4.46. The molecule has 1 aromatic carbocycles. The fraction of sp³-hybridized carbons (Fsp3) is 0.625. The SMILES string of the molecule is CCCCCCCC(NC)c1cc(F)ccc1OC. The zero-order chi connectivity index (χ0) is 14.1. The molecule has 2 nitrogen and oxygen atoms in total. The highest BCUT2D eigenvalue weighted by Gasteiger charge is 2.14. The van der Waals surface area contributed by atoms with Crippen molar-refractivity contribution in [2.24, 2.45) is 0 Å². The van der Waals surface area contributed by atoms with Gasteiger partial charge in [0.25, 0.3) is 0 Å². The molecule has 0 bridgehead atoms. The average molecular weight is 267 g/mol. The van der Waals surface area contributed by atoms with Gasteiger partial charge in [-0.3, -0.25) is 0 Å². The summed E-state index contributed by atoms with van der Waals surface area (Å²) in [4.78, 5) is 0. The summed E-state index contributed by atoms with van der Waals surface area (Å²) >= 11 is 0. The van der Waals surface area contributed by atoms with Crippen molar-refractivity contribution in [2.75, 3.05) is 14.2 Å². The number of benzene rings is 1. The fourth-order valence-electron chi connectivity index (χ4n) is 2.38. The number of hydrogen-bond acceptors (Lipinski definition) is 2. The number of hydrogen-bond donors (Lipinski definition) is 1. The van der Waals surface area contributed by atoms with Crippen LogP contribution in [0.1, 0.15) is 57.1 Å². The second-order valence-electron chi connectivity index (χ2n) is 4.93. The average Bonchev–Trinajstić information content (AvgIpc) is 2.43. The number of ether oxygens (including phenoxy) is 1. The molecule has 0 amide bonds. The molecule has 0 saturated heterocycles. The van der Waals surface area contributed by atoms with Crippen LogP contribution in [0.3, 0.4) is 0 Å². The predicted molar refractivity (Wildman–Crippen MR) is 78.1 cm³/mol. The highest BCUT2D eigenvalue weighted by Crippen LogP contribution is 2.29. The Balaban J connectivity index is 2.60. The zero-order valence-electron chi connectivity index (χ0n) is 12.3. The molecule has 0 fully saturated rings. The third-order valence-electron chi connectivity index (χ3n) is 3.51. The van der Waals surface area contributed by atoms with E-state index in [9.17, 15) is 4.39 Å². The van der Waals surface area contributed by atoms with Crippen LogP contribution in [0.25, 0.3) is 0 Å². The van der Waals surface area contributed by atoms with Gasteiger partial charge >= 0.3 is 0 Å². The highest BCUT2D eigenvalue weighted by molar-refractivity contribution is 5.36. The van der Waals surface area contributed by atoms with Crippen LogP contribution in [0.4, 0.5) is 4.39 Å². The van der Waals surface area contributed by atoms with E-state index in [1.165, 1.54) is 31.7 Å². The standard InChI is InChI=1S/C16H26FNO/c1-4-5-6-7-8-9-15(18-2)14-12-13(17)10-11-16(14)19-3/h10-12,15,18H,4-9H2,1-3H3. The molecule has 0 aliphatic carbocycles. The van der Waals surface area contributed by atoms with Crippen molar-refractivity contribution < 1.29 is 9.13 Å². The lowest BCUT2D eigenvalue weighted by Gasteiger charge is -2.19. The minimum absolute atomic E-state index is 0.160. The maximum Gasteiger partial charge on any atom is 0.123 e. The van der Waals surface area contributed by atoms with Gasteiger partial charge in [-0.1, -0.05) is 39.0 Å². The summed E-state index contributed by atoms with van der Waals surface area (Å²) in [7, 11) is 3.55. The molecule has 0 spiro atoms. The van der Waals surface area contributed by atoms with Crippen LogP contribution in [0, 0.1) is 5.82 Å². The van der Waals surface area contributed by atoms with Crippen LogP contribution in [0.15, 0.2) is 18.2 Å². The molecule has 0 aromatic heterocycles. The Morgan fingerprint density at radius 3 is 2.58 bits per heavy atom. The summed E-state index contributed by atoms with van der Waals surface area (Å²) in [5, 5.41) is 3.26. The van der Waals surface area contributed by atoms with E-state index in [0.29, 0.717) is 0 Å². The van der Waals surface area contributed by atoms with Crippen LogP contribution in [-0.2, 0) is 0 Å². The Labute approximate surface area is 116 Å². The van der Waals surface area contributed by atoms with E-state index in [2.05, 4.69) is 12.2 Å². The first kappa shape index (κ1) is 16.0. The molecule has 1 N–H and O–H groups in total. The molecule has 0 saturated carbocycles. The van der Waals surface area contributed by atoms with Crippen molar-refractivity contribution in [1.82, 2.24) is 5.32 Å². The van der Waals surface area contributed by atoms with Gasteiger partial charge in [0.1, 0.15) is 11.6 Å². The monoisotopic (exact) mass is 267 g/mol. The summed E-state index contributed by atoms with van der Waals surface area (Å²) in [5.74, 6) is 0.552. The van der Waals surface area contributed by atoms with Gasteiger partial charge in [0, 0.05) is 11.6 Å². The Hall–Kier alpha value is -1.09. The van der Waals surface area contributed by atoms with Crippen LogP contribution in [0.5, 0.6) is 5.75 Å². The summed E-state index contributed by atoms with van der Waals surface area (Å²) in [6.07, 6.45) is 7.25. The van der Waals surface area contributed by atoms with E-state index in [4.69, 9.17) is 4.74 Å². The number of halogens is 1. The van der Waals surface area contributed by atoms with Gasteiger partial charge in [-0.05, 0) is 31.7 Å². The molecule has 1 rings (SSSR count). The lowest BCUT2D eigenvalue weighted by Crippen LogP contribution is -2.17. The molecular weight excluding hydrogens is 241 g/mol. The van der Waals surface area contributed by atoms with Gasteiger partial charge in [0.2, 0.25) is 0 Å². The van der Waals surface area contributed by atoms with Crippen molar-refractivity contribution in [3.05, 3.63) is 29.6 Å². The second kappa shape index (κ2) is 8.92. The maximum absolute atomic E-state index is 13.4. The number of methoxy groups -OCH3 is 1. The van der Waals surface area contributed by atoms with Gasteiger partial charge in [0.05, 0.1) is 7.11 Å². The molecule has 3 heteroatoms. The summed E-state index contributed by atoms with van der Waals surface area (Å²) in [6, 6.07) is 4.88. The highest BCUT2D eigenvalue weighted by atomic mass is 19.1. The first-order valence-electron chi connectivity index (χ1n) is 7.23. The topological polar surface area (TPSA) is 21.3 Å². The zero-order valence-corrected chi connectivity index (χ0v) is 12.3. The largest absolute Gasteiger partial charge is 0.496 e. The molecule has 1 aromatic rings. The minimum atomic E-state index is -0.206. The normalized spacial score (nSPS) is 12.4. The summed E-state index contributed by atoms with van der Waals surface area (Å²) in [5.41, 5.74) is 0.917. The van der Waals surface area contributed by atoms with Crippen LogP contribution >= 0.6 is 0 Å². The van der Waals surface area contributed by atoms with E-state index in [1.807, 2.05) is 7.05 Å². The molecule has 0 heterocycles.